The highest BCUT2D eigenvalue weighted by atomic mass is 35.5. The van der Waals surface area contributed by atoms with Crippen molar-refractivity contribution in [2.24, 2.45) is 0 Å². The molecule has 0 atom stereocenters. The lowest BCUT2D eigenvalue weighted by Crippen LogP contribution is -2.27. The molecule has 0 spiro atoms. The molecule has 1 aromatic carbocycles. The van der Waals surface area contributed by atoms with Crippen LogP contribution in [0.4, 0.5) is 4.79 Å². The van der Waals surface area contributed by atoms with E-state index in [1.54, 1.807) is 48.8 Å². The number of carbonyl (C=O) groups excluding carboxylic acids is 2. The Kier molecular flexibility index (Phi) is 4.27. The van der Waals surface area contributed by atoms with Crippen LogP contribution >= 0.6 is 23.4 Å². The summed E-state index contributed by atoms with van der Waals surface area (Å²) in [6.07, 6.45) is 4.98. The van der Waals surface area contributed by atoms with E-state index >= 15 is 0 Å². The van der Waals surface area contributed by atoms with Crippen LogP contribution in [0.1, 0.15) is 11.1 Å². The Bertz CT molecular complexity index is 762. The summed E-state index contributed by atoms with van der Waals surface area (Å²) in [5, 5.41) is 0.307. The van der Waals surface area contributed by atoms with Crippen molar-refractivity contribution in [3.05, 3.63) is 69.8 Å². The van der Waals surface area contributed by atoms with Gasteiger partial charge in [-0.15, -0.1) is 0 Å². The van der Waals surface area contributed by atoms with Crippen molar-refractivity contribution < 1.29 is 9.59 Å². The first-order valence-corrected chi connectivity index (χ1v) is 7.73. The summed E-state index contributed by atoms with van der Waals surface area (Å²) in [4.78, 5) is 30.0. The summed E-state index contributed by atoms with van der Waals surface area (Å²) in [6, 6.07) is 10.7. The zero-order valence-corrected chi connectivity index (χ0v) is 13.0. The summed E-state index contributed by atoms with van der Waals surface area (Å²) in [5.41, 5.74) is 1.66. The van der Waals surface area contributed by atoms with Gasteiger partial charge >= 0.3 is 0 Å². The Hall–Kier alpha value is -2.11. The third-order valence-corrected chi connectivity index (χ3v) is 4.25. The van der Waals surface area contributed by atoms with Gasteiger partial charge in [-0.1, -0.05) is 23.7 Å². The van der Waals surface area contributed by atoms with E-state index in [-0.39, 0.29) is 17.7 Å². The van der Waals surface area contributed by atoms with Crippen LogP contribution < -0.4 is 0 Å². The fourth-order valence-electron chi connectivity index (χ4n) is 2.07. The maximum atomic E-state index is 12.4. The molecule has 1 aliphatic rings. The molecule has 0 aliphatic carbocycles. The fraction of sp³-hybridized carbons (Fsp3) is 0.0625. The maximum absolute atomic E-state index is 12.4. The largest absolute Gasteiger partial charge is 0.293 e. The van der Waals surface area contributed by atoms with Crippen molar-refractivity contribution in [1.82, 2.24) is 9.88 Å². The Morgan fingerprint density at radius 1 is 1.18 bits per heavy atom. The third kappa shape index (κ3) is 3.21. The first kappa shape index (κ1) is 14.8. The molecule has 4 nitrogen and oxygen atoms in total. The number of rotatable bonds is 3. The van der Waals surface area contributed by atoms with Gasteiger partial charge in [0, 0.05) is 17.4 Å². The van der Waals surface area contributed by atoms with Gasteiger partial charge in [0.25, 0.3) is 11.1 Å². The second-order valence-electron chi connectivity index (χ2n) is 4.68. The normalized spacial score (nSPS) is 16.6. The predicted octanol–water partition coefficient (Wildman–Crippen LogP) is 3.97. The van der Waals surface area contributed by atoms with Crippen molar-refractivity contribution in [1.29, 1.82) is 0 Å². The summed E-state index contributed by atoms with van der Waals surface area (Å²) in [5.74, 6) is -0.285. The van der Waals surface area contributed by atoms with Crippen molar-refractivity contribution in [2.45, 2.75) is 6.54 Å². The Labute approximate surface area is 136 Å². The van der Waals surface area contributed by atoms with Gasteiger partial charge in [-0.25, -0.2) is 0 Å². The predicted molar refractivity (Wildman–Crippen MR) is 87.2 cm³/mol. The van der Waals surface area contributed by atoms with E-state index in [0.717, 1.165) is 22.9 Å². The van der Waals surface area contributed by atoms with E-state index in [9.17, 15) is 9.59 Å². The molecule has 0 saturated carbocycles. The van der Waals surface area contributed by atoms with E-state index in [1.165, 1.54) is 4.90 Å². The highest BCUT2D eigenvalue weighted by Crippen LogP contribution is 2.33. The molecular weight excluding hydrogens is 320 g/mol. The molecule has 0 radical (unpaired) electrons. The van der Waals surface area contributed by atoms with E-state index in [1.807, 2.05) is 6.07 Å². The highest BCUT2D eigenvalue weighted by Gasteiger charge is 2.34. The number of hydrogen-bond donors (Lipinski definition) is 0. The molecule has 2 amide bonds. The monoisotopic (exact) mass is 330 g/mol. The van der Waals surface area contributed by atoms with Gasteiger partial charge in [0.2, 0.25) is 0 Å². The van der Waals surface area contributed by atoms with Crippen LogP contribution in [0.3, 0.4) is 0 Å². The molecule has 110 valence electrons. The Morgan fingerprint density at radius 2 is 1.95 bits per heavy atom. The molecule has 1 saturated heterocycles. The van der Waals surface area contributed by atoms with Crippen LogP contribution in [0.5, 0.6) is 0 Å². The van der Waals surface area contributed by atoms with Gasteiger partial charge in [-0.05, 0) is 53.2 Å². The number of halogens is 1. The summed E-state index contributed by atoms with van der Waals surface area (Å²) >= 11 is 6.87. The Morgan fingerprint density at radius 3 is 2.68 bits per heavy atom. The van der Waals surface area contributed by atoms with E-state index in [2.05, 4.69) is 4.98 Å². The second-order valence-corrected chi connectivity index (χ2v) is 6.11. The lowest BCUT2D eigenvalue weighted by Gasteiger charge is -2.12. The topological polar surface area (TPSA) is 50.3 Å². The number of hydrogen-bond acceptors (Lipinski definition) is 4. The summed E-state index contributed by atoms with van der Waals surface area (Å²) in [7, 11) is 0. The molecule has 22 heavy (non-hydrogen) atoms. The van der Waals surface area contributed by atoms with Crippen molar-refractivity contribution in [2.75, 3.05) is 0 Å². The number of benzene rings is 1. The van der Waals surface area contributed by atoms with E-state index in [4.69, 9.17) is 11.6 Å². The lowest BCUT2D eigenvalue weighted by molar-refractivity contribution is -0.123. The number of aromatic nitrogens is 1. The molecule has 0 bridgehead atoms. The quantitative estimate of drug-likeness (QED) is 0.799. The maximum Gasteiger partial charge on any atom is 0.293 e. The van der Waals surface area contributed by atoms with Gasteiger partial charge in [-0.2, -0.15) is 0 Å². The molecule has 0 N–H and O–H groups in total. The number of amides is 2. The SMILES string of the molecule is O=C1S/C(=C\c2ccncc2)C(=O)N1Cc1cccc(Cl)c1. The highest BCUT2D eigenvalue weighted by molar-refractivity contribution is 8.18. The zero-order chi connectivity index (χ0) is 15.5. The van der Waals surface area contributed by atoms with Crippen LogP contribution in [-0.2, 0) is 11.3 Å². The number of thioether (sulfide) groups is 1. The third-order valence-electron chi connectivity index (χ3n) is 3.11. The van der Waals surface area contributed by atoms with Gasteiger partial charge in [0.1, 0.15) is 0 Å². The summed E-state index contributed by atoms with van der Waals surface area (Å²) in [6.45, 7) is 0.221. The molecule has 3 rings (SSSR count). The standard InChI is InChI=1S/C16H11ClN2O2S/c17-13-3-1-2-12(8-13)10-19-15(20)14(22-16(19)21)9-11-4-6-18-7-5-11/h1-9H,10H2/b14-9-. The minimum Gasteiger partial charge on any atom is -0.268 e. The molecule has 1 aliphatic heterocycles. The minimum atomic E-state index is -0.285. The number of nitrogens with zero attached hydrogens (tertiary/aromatic N) is 2. The molecule has 1 aromatic heterocycles. The van der Waals surface area contributed by atoms with Crippen LogP contribution in [0, 0.1) is 0 Å². The van der Waals surface area contributed by atoms with Gasteiger partial charge in [0.05, 0.1) is 11.4 Å². The fourth-order valence-corrected chi connectivity index (χ4v) is 3.12. The first-order chi connectivity index (χ1) is 10.6. The number of pyridine rings is 1. The summed E-state index contributed by atoms with van der Waals surface area (Å²) < 4.78 is 0. The van der Waals surface area contributed by atoms with Gasteiger partial charge in [-0.3, -0.25) is 19.5 Å². The average molecular weight is 331 g/mol. The van der Waals surface area contributed by atoms with Crippen LogP contribution in [0.15, 0.2) is 53.7 Å². The number of imide groups is 1. The zero-order valence-electron chi connectivity index (χ0n) is 11.4. The number of carbonyl (C=O) groups is 2. The lowest BCUT2D eigenvalue weighted by atomic mass is 10.2. The molecule has 2 heterocycles. The molecule has 0 unspecified atom stereocenters. The molecule has 6 heteroatoms. The van der Waals surface area contributed by atoms with Crippen molar-refractivity contribution >= 4 is 40.6 Å². The smallest absolute Gasteiger partial charge is 0.268 e. The van der Waals surface area contributed by atoms with Crippen LogP contribution in [-0.4, -0.2) is 21.0 Å². The van der Waals surface area contributed by atoms with Crippen molar-refractivity contribution in [3.8, 4) is 0 Å². The Balaban J connectivity index is 1.81. The van der Waals surface area contributed by atoms with Crippen molar-refractivity contribution in [3.63, 3.8) is 0 Å². The second kappa shape index (κ2) is 6.34. The minimum absolute atomic E-state index is 0.221. The van der Waals surface area contributed by atoms with Gasteiger partial charge < -0.3 is 0 Å². The van der Waals surface area contributed by atoms with Crippen LogP contribution in [0.25, 0.3) is 6.08 Å². The first-order valence-electron chi connectivity index (χ1n) is 6.53. The van der Waals surface area contributed by atoms with Gasteiger partial charge in [0.15, 0.2) is 0 Å². The average Bonchev–Trinajstić information content (AvgIpc) is 2.76. The van der Waals surface area contributed by atoms with E-state index in [0.29, 0.717) is 9.93 Å². The molecule has 2 aromatic rings. The molecule has 1 fully saturated rings. The van der Waals surface area contributed by atoms with Crippen LogP contribution in [0.2, 0.25) is 5.02 Å². The molecular formula is C16H11ClN2O2S. The van der Waals surface area contributed by atoms with E-state index < -0.39 is 0 Å².